The Labute approximate surface area is 586 Å². The van der Waals surface area contributed by atoms with Crippen LogP contribution in [-0.2, 0) is 20.0 Å². The van der Waals surface area contributed by atoms with Gasteiger partial charge in [0.05, 0.1) is 45.9 Å². The highest BCUT2D eigenvalue weighted by Crippen LogP contribution is 2.39. The molecule has 6 atom stereocenters. The molecule has 0 saturated carbocycles. The van der Waals surface area contributed by atoms with Crippen LogP contribution in [0.5, 0.6) is 0 Å². The third-order valence-corrected chi connectivity index (χ3v) is 20.3. The highest BCUT2D eigenvalue weighted by Gasteiger charge is 2.40. The normalized spacial score (nSPS) is 18.2. The number of alkyl halides is 9. The number of halogens is 10. The molecule has 2 unspecified atom stereocenters. The molecule has 6 aromatic heterocycles. The monoisotopic (exact) mass is 1490 g/mol. The third-order valence-electron chi connectivity index (χ3n) is 16.6. The smallest absolute Gasteiger partial charge is 0.400 e. The van der Waals surface area contributed by atoms with E-state index in [9.17, 15) is 70.7 Å². The first-order valence-electron chi connectivity index (χ1n) is 31.1. The first kappa shape index (κ1) is 79.2. The number of fused-ring (bicyclic) bond motifs is 3. The quantitative estimate of drug-likeness (QED) is 0.0371. The van der Waals surface area contributed by atoms with Crippen LogP contribution in [-0.4, -0.2) is 185 Å². The number of likely N-dealkylation sites (tertiary alicyclic amines) is 3. The number of benzene rings is 2. The maximum Gasteiger partial charge on any atom is 0.405 e. The molecule has 0 spiro atoms. The number of aromatic nitrogens is 6. The van der Waals surface area contributed by atoms with E-state index in [0.29, 0.717) is 59.5 Å². The summed E-state index contributed by atoms with van der Waals surface area (Å²) >= 11 is 6.09. The van der Waals surface area contributed by atoms with Crippen molar-refractivity contribution in [3.8, 4) is 0 Å². The van der Waals surface area contributed by atoms with Gasteiger partial charge in [-0.15, -0.1) is 0 Å². The molecular formula is C64H72ClF9N18O8S2. The number of anilines is 2. The van der Waals surface area contributed by atoms with Gasteiger partial charge in [-0.05, 0) is 73.1 Å². The van der Waals surface area contributed by atoms with E-state index >= 15 is 0 Å². The average Bonchev–Trinajstić information content (AvgIpc) is 1.64. The minimum Gasteiger partial charge on any atom is -0.400 e. The number of rotatable bonds is 14. The Kier molecular flexibility index (Phi) is 26.4. The fraction of sp³-hybridized carbons (Fsp3) is 0.391. The van der Waals surface area contributed by atoms with Gasteiger partial charge < -0.3 is 57.1 Å². The van der Waals surface area contributed by atoms with Crippen LogP contribution in [0.4, 0.5) is 82.3 Å². The second-order valence-corrected chi connectivity index (χ2v) is 27.1. The number of hydrogen-bond donors (Lipinski definition) is 8. The van der Waals surface area contributed by atoms with Crippen LogP contribution in [0.2, 0.25) is 5.02 Å². The minimum atomic E-state index is -4.52. The molecule has 0 aliphatic carbocycles. The predicted octanol–water partition coefficient (Wildman–Crippen LogP) is 12.0. The van der Waals surface area contributed by atoms with E-state index in [1.807, 2.05) is 42.8 Å². The zero-order valence-corrected chi connectivity index (χ0v) is 57.2. The average molecular weight is 1490 g/mol. The Hall–Kier alpha value is -10.1. The number of aromatic amines is 1. The number of pyridine rings is 3. The van der Waals surface area contributed by atoms with E-state index in [4.69, 9.17) is 42.2 Å². The summed E-state index contributed by atoms with van der Waals surface area (Å²) in [6.07, 6.45) is -2.64. The van der Waals surface area contributed by atoms with Gasteiger partial charge in [-0.2, -0.15) is 39.5 Å². The zero-order chi connectivity index (χ0) is 75.1. The second-order valence-electron chi connectivity index (χ2n) is 23.1. The van der Waals surface area contributed by atoms with Gasteiger partial charge in [-0.3, -0.25) is 4.98 Å². The van der Waals surface area contributed by atoms with Crippen LogP contribution in [0.15, 0.2) is 126 Å². The summed E-state index contributed by atoms with van der Waals surface area (Å²) in [4.78, 5) is 65.7. The highest BCUT2D eigenvalue weighted by atomic mass is 35.5. The van der Waals surface area contributed by atoms with E-state index in [1.54, 1.807) is 54.7 Å². The van der Waals surface area contributed by atoms with Gasteiger partial charge in [-0.25, -0.2) is 63.7 Å². The van der Waals surface area contributed by atoms with Gasteiger partial charge in [0, 0.05) is 119 Å². The van der Waals surface area contributed by atoms with E-state index in [0.717, 1.165) is 33.3 Å². The molecule has 8 aromatic rings. The number of H-pyrrole nitrogens is 1. The zero-order valence-electron chi connectivity index (χ0n) is 54.8. The number of nitrogens with one attached hydrogen (secondary N) is 6. The molecule has 38 heteroatoms. The maximum atomic E-state index is 13.2. The Morgan fingerprint density at radius 1 is 0.559 bits per heavy atom. The van der Waals surface area contributed by atoms with E-state index in [-0.39, 0.29) is 94.4 Å². The van der Waals surface area contributed by atoms with Crippen LogP contribution in [0, 0.1) is 37.5 Å². The number of amides is 6. The van der Waals surface area contributed by atoms with Crippen LogP contribution in [0.1, 0.15) is 41.5 Å². The lowest BCUT2D eigenvalue weighted by Gasteiger charge is -2.21. The van der Waals surface area contributed by atoms with Crippen LogP contribution in [0.25, 0.3) is 47.6 Å². The SMILES string of the molecule is CC[C@@H]1CN(C(=O)NCC(F)(F)F)C[C@@H]1N.CO.[C-]#[N+]c1cnc2[nH]ccc2c1NC1CN(C(=O)NCC(F)(F)F)C[C@H]1CC.[C-]#[N+]c1cnc2c(ccn2S(=O)(=O)c2ccccc2)c1Cl.[C-]#[N+]c1cnc2c(ccn2S(=O)(=O)c2ccccc2)c1NC1CN(C(=O)NCC(F)(F)F)C[C@H]1CC.[HH]. The van der Waals surface area contributed by atoms with Crippen molar-refractivity contribution in [2.24, 2.45) is 23.5 Å². The van der Waals surface area contributed by atoms with Gasteiger partial charge in [-0.1, -0.05) is 75.2 Å². The number of urea groups is 3. The summed E-state index contributed by atoms with van der Waals surface area (Å²) < 4.78 is 164. The van der Waals surface area contributed by atoms with Crippen molar-refractivity contribution >= 4 is 111 Å². The first-order chi connectivity index (χ1) is 48.2. The third kappa shape index (κ3) is 19.5. The fourth-order valence-corrected chi connectivity index (χ4v) is 14.3. The Morgan fingerprint density at radius 2 is 0.931 bits per heavy atom. The molecule has 26 nitrogen and oxygen atoms in total. The van der Waals surface area contributed by atoms with E-state index in [2.05, 4.69) is 45.1 Å². The van der Waals surface area contributed by atoms with Gasteiger partial charge in [0.1, 0.15) is 25.3 Å². The lowest BCUT2D eigenvalue weighted by Crippen LogP contribution is -2.43. The molecule has 0 radical (unpaired) electrons. The lowest BCUT2D eigenvalue weighted by molar-refractivity contribution is -0.123. The largest absolute Gasteiger partial charge is 0.405 e. The molecule has 548 valence electrons. The number of carbonyl (C=O) groups is 3. The molecule has 3 fully saturated rings. The van der Waals surface area contributed by atoms with Gasteiger partial charge in [0.15, 0.2) is 11.3 Å². The number of nitrogens with zero attached hydrogens (tertiary/aromatic N) is 11. The summed E-state index contributed by atoms with van der Waals surface area (Å²) in [5, 5.41) is 21.0. The molecule has 9 heterocycles. The number of aliphatic hydroxyl groups excluding tert-OH is 1. The van der Waals surface area contributed by atoms with Crippen molar-refractivity contribution in [1.29, 1.82) is 0 Å². The number of hydrogen-bond acceptors (Lipinski definition) is 14. The molecule has 6 amide bonds. The molecule has 9 N–H and O–H groups in total. The molecule has 102 heavy (non-hydrogen) atoms. The van der Waals surface area contributed by atoms with Crippen molar-refractivity contribution in [2.75, 3.05) is 76.6 Å². The maximum absolute atomic E-state index is 13.2. The Bertz CT molecular complexity index is 4610. The summed E-state index contributed by atoms with van der Waals surface area (Å²) in [5.41, 5.74) is 8.41. The molecule has 11 rings (SSSR count). The van der Waals surface area contributed by atoms with E-state index < -0.39 is 76.3 Å². The standard InChI is InChI=1S/C23H23F3N6O3S.C17H19F3N6O.C14H8ClN3O2S.C9H16F3N3O.CH4O.H2/c1-3-15-12-31(22(33)29-14-23(24,25)26)13-19(15)30-20-17-9-10-32(21(17)28-11-18(20)27-2)36(34,35)16-7-5-4-6-8-16;1-3-10-7-26(16(27)24-9-17(18,19)20)8-13(10)25-14-11-4-5-22-15(11)23-6-12(14)21-2;1-16-12-9-17-14-11(13(12)15)7-8-18(14)21(19,20)10-5-3-2-4-6-10;1-2-6-3-15(4-7(6)13)8(16)14-5-9(10,11)12;1-2;/h4-11,15,19H,3,12-14H2,1H3,(H,28,30)(H,29,33);4-6,10,13H,3,7-9H2,1H3,(H,24,27)(H2,22,23,25);2-9H;6-7H,2-5,13H2,1H3,(H,14,16);2H,1H3;1H/t15-,19?;10-,13?;;6-,7+;;/m11.1../s1. The van der Waals surface area contributed by atoms with Gasteiger partial charge in [0.2, 0.25) is 17.1 Å². The van der Waals surface area contributed by atoms with Crippen LogP contribution in [0.3, 0.4) is 0 Å². The molecular weight excluding hydrogens is 1420 g/mol. The number of carbonyl (C=O) groups excluding carboxylic acids is 3. The predicted molar refractivity (Wildman–Crippen MR) is 365 cm³/mol. The molecule has 0 bridgehead atoms. The first-order valence-corrected chi connectivity index (χ1v) is 34.4. The molecule has 2 aromatic carbocycles. The molecule has 3 aliphatic rings. The topological polar surface area (TPSA) is 313 Å². The summed E-state index contributed by atoms with van der Waals surface area (Å²) in [7, 11) is -6.68. The highest BCUT2D eigenvalue weighted by molar-refractivity contribution is 7.90. The Balaban J connectivity index is 0.000000222. The van der Waals surface area contributed by atoms with Crippen LogP contribution < -0.4 is 32.3 Å². The van der Waals surface area contributed by atoms with Crippen molar-refractivity contribution in [3.05, 3.63) is 155 Å². The van der Waals surface area contributed by atoms with Crippen LogP contribution >= 0.6 is 11.6 Å². The van der Waals surface area contributed by atoms with Gasteiger partial charge >= 0.3 is 36.6 Å². The Morgan fingerprint density at radius 3 is 1.33 bits per heavy atom. The van der Waals surface area contributed by atoms with Crippen molar-refractivity contribution < 1.29 is 77.3 Å². The number of aliphatic hydroxyl groups is 1. The number of nitrogens with two attached hydrogens (primary N) is 1. The fourth-order valence-electron chi connectivity index (χ4n) is 11.4. The summed E-state index contributed by atoms with van der Waals surface area (Å²) in [5.74, 6) is 0.137. The van der Waals surface area contributed by atoms with Crippen molar-refractivity contribution in [3.63, 3.8) is 0 Å². The summed E-state index contributed by atoms with van der Waals surface area (Å²) in [6, 6.07) is 17.9. The molecule has 3 saturated heterocycles. The second kappa shape index (κ2) is 34.0. The minimum absolute atomic E-state index is 0. The lowest BCUT2D eigenvalue weighted by atomic mass is 10.0. The molecule has 3 aliphatic heterocycles. The summed E-state index contributed by atoms with van der Waals surface area (Å²) in [6.45, 7) is 25.4. The van der Waals surface area contributed by atoms with E-state index in [1.165, 1.54) is 69.9 Å². The van der Waals surface area contributed by atoms with Crippen molar-refractivity contribution in [1.82, 2.24) is 58.5 Å². The van der Waals surface area contributed by atoms with Crippen molar-refractivity contribution in [2.45, 2.75) is 86.5 Å². The van der Waals surface area contributed by atoms with Gasteiger partial charge in [0.25, 0.3) is 20.0 Å².